The van der Waals surface area contributed by atoms with Gasteiger partial charge in [-0.3, -0.25) is 10.1 Å². The second kappa shape index (κ2) is 7.46. The number of sulfone groups is 1. The summed E-state index contributed by atoms with van der Waals surface area (Å²) >= 11 is 0. The molecule has 1 amide bonds. The fourth-order valence-electron chi connectivity index (χ4n) is 2.77. The van der Waals surface area contributed by atoms with E-state index in [1.807, 2.05) is 19.1 Å². The number of H-pyrrole nitrogens is 1. The molecule has 0 atom stereocenters. The van der Waals surface area contributed by atoms with E-state index in [0.717, 1.165) is 37.0 Å². The molecule has 0 aromatic carbocycles. The van der Waals surface area contributed by atoms with E-state index in [9.17, 15) is 13.2 Å². The Morgan fingerprint density at radius 1 is 1.33 bits per heavy atom. The third kappa shape index (κ3) is 4.40. The van der Waals surface area contributed by atoms with E-state index in [2.05, 4.69) is 20.5 Å². The Hall–Kier alpha value is -2.16. The van der Waals surface area contributed by atoms with Crippen molar-refractivity contribution < 1.29 is 17.9 Å². The molecule has 0 aliphatic heterocycles. The zero-order valence-corrected chi connectivity index (χ0v) is 16.7. The molecule has 1 saturated carbocycles. The predicted octanol–water partition coefficient (Wildman–Crippen LogP) is 2.44. The second-order valence-corrected chi connectivity index (χ2v) is 10.0. The van der Waals surface area contributed by atoms with Crippen molar-refractivity contribution in [3.63, 3.8) is 0 Å². The molecule has 1 aromatic rings. The molecule has 8 nitrogen and oxygen atoms in total. The third-order valence-corrected chi connectivity index (χ3v) is 7.57. The normalized spacial score (nSPS) is 17.9. The minimum atomic E-state index is -3.55. The topological polar surface area (TPSA) is 114 Å². The van der Waals surface area contributed by atoms with Gasteiger partial charge in [0, 0.05) is 6.42 Å². The molecule has 3 rings (SSSR count). The summed E-state index contributed by atoms with van der Waals surface area (Å²) in [5, 5.41) is 9.35. The molecule has 1 heterocycles. The van der Waals surface area contributed by atoms with Crippen molar-refractivity contribution in [3.8, 4) is 0 Å². The molecule has 0 radical (unpaired) electrons. The lowest BCUT2D eigenvalue weighted by atomic mass is 10.0. The van der Waals surface area contributed by atoms with Gasteiger partial charge in [0.05, 0.1) is 18.1 Å². The SMILES string of the molecule is CCOC1=CC=C(c2n[nH]c(NC(=O)C(C)(C)S(=O)(=O)CC3CC3)n2)CC1. The molecule has 1 fully saturated rings. The largest absolute Gasteiger partial charge is 0.498 e. The Kier molecular flexibility index (Phi) is 5.41. The molecule has 0 bridgehead atoms. The average molecular weight is 394 g/mol. The molecule has 9 heteroatoms. The maximum Gasteiger partial charge on any atom is 0.247 e. The van der Waals surface area contributed by atoms with E-state index in [1.165, 1.54) is 13.8 Å². The van der Waals surface area contributed by atoms with Crippen LogP contribution in [0, 0.1) is 5.92 Å². The highest BCUT2D eigenvalue weighted by atomic mass is 32.2. The Morgan fingerprint density at radius 3 is 2.67 bits per heavy atom. The number of carbonyl (C=O) groups is 1. The van der Waals surface area contributed by atoms with Crippen molar-refractivity contribution >= 4 is 27.3 Å². The average Bonchev–Trinajstić information content (AvgIpc) is 3.29. The van der Waals surface area contributed by atoms with Gasteiger partial charge < -0.3 is 4.74 Å². The van der Waals surface area contributed by atoms with Crippen LogP contribution < -0.4 is 5.32 Å². The first-order chi connectivity index (χ1) is 12.7. The molecular weight excluding hydrogens is 368 g/mol. The van der Waals surface area contributed by atoms with Crippen LogP contribution in [0.15, 0.2) is 17.9 Å². The highest BCUT2D eigenvalue weighted by molar-refractivity contribution is 7.93. The van der Waals surface area contributed by atoms with Crippen LogP contribution in [0.2, 0.25) is 0 Å². The van der Waals surface area contributed by atoms with Crippen LogP contribution >= 0.6 is 0 Å². The Bertz CT molecular complexity index is 879. The van der Waals surface area contributed by atoms with Gasteiger partial charge in [-0.25, -0.2) is 13.5 Å². The molecule has 2 N–H and O–H groups in total. The monoisotopic (exact) mass is 394 g/mol. The van der Waals surface area contributed by atoms with Crippen molar-refractivity contribution in [2.75, 3.05) is 17.7 Å². The lowest BCUT2D eigenvalue weighted by Gasteiger charge is -2.23. The van der Waals surface area contributed by atoms with Gasteiger partial charge in [-0.05, 0) is 57.6 Å². The fraction of sp³-hybridized carbons (Fsp3) is 0.611. The van der Waals surface area contributed by atoms with Crippen LogP contribution in [0.1, 0.15) is 52.3 Å². The molecule has 0 unspecified atom stereocenters. The lowest BCUT2D eigenvalue weighted by Crippen LogP contribution is -2.46. The molecular formula is C18H26N4O4S. The van der Waals surface area contributed by atoms with Crippen molar-refractivity contribution in [3.05, 3.63) is 23.7 Å². The van der Waals surface area contributed by atoms with Gasteiger partial charge in [0.15, 0.2) is 15.7 Å². The Labute approximate surface area is 159 Å². The first-order valence-electron chi connectivity index (χ1n) is 9.22. The number of hydrogen-bond donors (Lipinski definition) is 2. The van der Waals surface area contributed by atoms with E-state index in [4.69, 9.17) is 4.74 Å². The van der Waals surface area contributed by atoms with E-state index < -0.39 is 20.5 Å². The van der Waals surface area contributed by atoms with Gasteiger partial charge in [-0.15, -0.1) is 0 Å². The van der Waals surface area contributed by atoms with Crippen molar-refractivity contribution in [2.24, 2.45) is 5.92 Å². The number of anilines is 1. The smallest absolute Gasteiger partial charge is 0.247 e. The second-order valence-electron chi connectivity index (χ2n) is 7.45. The zero-order chi connectivity index (χ0) is 19.7. The third-order valence-electron chi connectivity index (χ3n) is 4.92. The zero-order valence-electron chi connectivity index (χ0n) is 15.9. The van der Waals surface area contributed by atoms with E-state index >= 15 is 0 Å². The summed E-state index contributed by atoms with van der Waals surface area (Å²) in [6.07, 6.45) is 7.12. The molecule has 27 heavy (non-hydrogen) atoms. The summed E-state index contributed by atoms with van der Waals surface area (Å²) in [4.78, 5) is 16.8. The van der Waals surface area contributed by atoms with Gasteiger partial charge in [0.25, 0.3) is 0 Å². The minimum absolute atomic E-state index is 0.0520. The first-order valence-corrected chi connectivity index (χ1v) is 10.9. The minimum Gasteiger partial charge on any atom is -0.498 e. The molecule has 0 saturated heterocycles. The lowest BCUT2D eigenvalue weighted by molar-refractivity contribution is -0.117. The van der Waals surface area contributed by atoms with Gasteiger partial charge >= 0.3 is 0 Å². The summed E-state index contributed by atoms with van der Waals surface area (Å²) in [5.41, 5.74) is 0.927. The highest BCUT2D eigenvalue weighted by Crippen LogP contribution is 2.34. The number of ether oxygens (including phenoxy) is 1. The molecule has 2 aliphatic carbocycles. The van der Waals surface area contributed by atoms with Crippen LogP contribution in [0.5, 0.6) is 0 Å². The van der Waals surface area contributed by atoms with E-state index in [1.54, 1.807) is 0 Å². The Morgan fingerprint density at radius 2 is 2.07 bits per heavy atom. The fourth-order valence-corrected chi connectivity index (χ4v) is 4.48. The number of allylic oxidation sites excluding steroid dienone is 4. The Balaban J connectivity index is 1.67. The highest BCUT2D eigenvalue weighted by Gasteiger charge is 2.44. The number of carbonyl (C=O) groups excluding carboxylic acids is 1. The van der Waals surface area contributed by atoms with Gasteiger partial charge in [0.1, 0.15) is 4.75 Å². The van der Waals surface area contributed by atoms with Crippen LogP contribution in [-0.2, 0) is 19.4 Å². The van der Waals surface area contributed by atoms with Crippen molar-refractivity contribution in [2.45, 2.75) is 51.2 Å². The van der Waals surface area contributed by atoms with E-state index in [0.29, 0.717) is 12.4 Å². The maximum atomic E-state index is 12.6. The van der Waals surface area contributed by atoms with Gasteiger partial charge in [0.2, 0.25) is 11.9 Å². The number of hydrogen-bond acceptors (Lipinski definition) is 6. The van der Waals surface area contributed by atoms with Crippen LogP contribution in [-0.4, -0.2) is 46.6 Å². The van der Waals surface area contributed by atoms with Crippen LogP contribution in [0.4, 0.5) is 5.95 Å². The first kappa shape index (κ1) is 19.6. The molecule has 0 spiro atoms. The summed E-state index contributed by atoms with van der Waals surface area (Å²) in [7, 11) is -3.55. The number of rotatable bonds is 8. The summed E-state index contributed by atoms with van der Waals surface area (Å²) in [6, 6.07) is 0. The summed E-state index contributed by atoms with van der Waals surface area (Å²) < 4.78 is 29.0. The summed E-state index contributed by atoms with van der Waals surface area (Å²) in [5.74, 6) is 1.18. The van der Waals surface area contributed by atoms with Gasteiger partial charge in [-0.1, -0.05) is 6.08 Å². The number of nitrogens with zero attached hydrogens (tertiary/aromatic N) is 2. The maximum absolute atomic E-state index is 12.6. The standard InChI is InChI=1S/C18H26N4O4S/c1-4-26-14-9-7-13(8-10-14)15-19-17(22-21-15)20-16(23)18(2,3)27(24,25)11-12-5-6-12/h7,9,12H,4-6,8,10-11H2,1-3H3,(H2,19,20,21,22,23). The molecule has 148 valence electrons. The quantitative estimate of drug-likeness (QED) is 0.700. The number of nitrogens with one attached hydrogen (secondary N) is 2. The predicted molar refractivity (Wildman–Crippen MR) is 103 cm³/mol. The van der Waals surface area contributed by atoms with Crippen LogP contribution in [0.25, 0.3) is 5.57 Å². The van der Waals surface area contributed by atoms with Crippen molar-refractivity contribution in [1.82, 2.24) is 15.2 Å². The van der Waals surface area contributed by atoms with Gasteiger partial charge in [-0.2, -0.15) is 10.1 Å². The summed E-state index contributed by atoms with van der Waals surface area (Å²) in [6.45, 7) is 5.43. The van der Waals surface area contributed by atoms with Crippen molar-refractivity contribution in [1.29, 1.82) is 0 Å². The van der Waals surface area contributed by atoms with Crippen LogP contribution in [0.3, 0.4) is 0 Å². The number of amides is 1. The number of aromatic amines is 1. The molecule has 2 aliphatic rings. The van der Waals surface area contributed by atoms with E-state index in [-0.39, 0.29) is 17.6 Å². The number of aromatic nitrogens is 3. The molecule has 1 aromatic heterocycles.